The van der Waals surface area contributed by atoms with Gasteiger partial charge in [-0.15, -0.1) is 0 Å². The number of nitrogens with zero attached hydrogens (tertiary/aromatic N) is 4. The zero-order valence-corrected chi connectivity index (χ0v) is 13.4. The fraction of sp³-hybridized carbons (Fsp3) is 0.200. The molecule has 3 aromatic heterocycles. The molecule has 0 fully saturated rings. The summed E-state index contributed by atoms with van der Waals surface area (Å²) in [6.07, 6.45) is 2.92. The molecule has 0 aliphatic rings. The van der Waals surface area contributed by atoms with E-state index in [1.165, 1.54) is 15.3 Å². The van der Waals surface area contributed by atoms with Crippen LogP contribution in [0.15, 0.2) is 35.4 Å². The number of primary amides is 1. The first-order valence-electron chi connectivity index (χ1n) is 7.49. The highest BCUT2D eigenvalue weighted by molar-refractivity contribution is 5.98. The van der Waals surface area contributed by atoms with Crippen molar-refractivity contribution in [2.75, 3.05) is 24.3 Å². The molecule has 0 aliphatic heterocycles. The topological polar surface area (TPSA) is 140 Å². The van der Waals surface area contributed by atoms with Gasteiger partial charge in [0, 0.05) is 25.9 Å². The lowest BCUT2D eigenvalue weighted by Crippen LogP contribution is -2.23. The van der Waals surface area contributed by atoms with Crippen LogP contribution in [-0.2, 0) is 6.54 Å². The molecule has 130 valence electrons. The molecule has 10 nitrogen and oxygen atoms in total. The molecule has 0 saturated heterocycles. The zero-order valence-electron chi connectivity index (χ0n) is 13.4. The van der Waals surface area contributed by atoms with Gasteiger partial charge in [0.05, 0.1) is 12.8 Å². The average Bonchev–Trinajstić information content (AvgIpc) is 3.02. The van der Waals surface area contributed by atoms with Crippen molar-refractivity contribution < 1.29 is 9.90 Å². The van der Waals surface area contributed by atoms with Gasteiger partial charge in [0.2, 0.25) is 0 Å². The number of nitrogens with two attached hydrogens (primary N) is 1. The molecule has 0 atom stereocenters. The Hall–Kier alpha value is -3.40. The van der Waals surface area contributed by atoms with Gasteiger partial charge in [-0.3, -0.25) is 9.59 Å². The second kappa shape index (κ2) is 6.61. The smallest absolute Gasteiger partial charge is 0.274 e. The van der Waals surface area contributed by atoms with Crippen LogP contribution in [0.5, 0.6) is 0 Å². The zero-order chi connectivity index (χ0) is 18.0. The monoisotopic (exact) mass is 343 g/mol. The highest BCUT2D eigenvalue weighted by Gasteiger charge is 2.15. The van der Waals surface area contributed by atoms with E-state index in [-0.39, 0.29) is 35.6 Å². The quantitative estimate of drug-likeness (QED) is 0.484. The molecule has 3 heterocycles. The Labute approximate surface area is 141 Å². The minimum absolute atomic E-state index is 0.144. The largest absolute Gasteiger partial charge is 0.395 e. The van der Waals surface area contributed by atoms with Crippen molar-refractivity contribution in [3.63, 3.8) is 0 Å². The summed E-state index contributed by atoms with van der Waals surface area (Å²) in [6.45, 7) is 0.0479. The Kier molecular flexibility index (Phi) is 4.35. The summed E-state index contributed by atoms with van der Waals surface area (Å²) in [7, 11) is 1.70. The summed E-state index contributed by atoms with van der Waals surface area (Å²) in [5.41, 5.74) is 5.78. The SMILES string of the molecule is CNc1cc(Nc2cccn(CCO)c2=O)nc2c(C(N)=O)cnn12. The van der Waals surface area contributed by atoms with Gasteiger partial charge in [-0.2, -0.15) is 9.61 Å². The molecule has 25 heavy (non-hydrogen) atoms. The molecule has 0 aromatic carbocycles. The van der Waals surface area contributed by atoms with Crippen molar-refractivity contribution in [1.82, 2.24) is 19.2 Å². The van der Waals surface area contributed by atoms with Gasteiger partial charge in [0.15, 0.2) is 5.65 Å². The number of pyridine rings is 1. The van der Waals surface area contributed by atoms with Crippen LogP contribution in [0.2, 0.25) is 0 Å². The van der Waals surface area contributed by atoms with Crippen molar-refractivity contribution in [3.8, 4) is 0 Å². The van der Waals surface area contributed by atoms with Crippen molar-refractivity contribution in [2.45, 2.75) is 6.54 Å². The lowest BCUT2D eigenvalue weighted by atomic mass is 10.3. The minimum Gasteiger partial charge on any atom is -0.395 e. The number of aliphatic hydroxyl groups excluding tert-OH is 1. The van der Waals surface area contributed by atoms with Gasteiger partial charge in [-0.25, -0.2) is 4.98 Å². The molecule has 3 rings (SSSR count). The maximum atomic E-state index is 12.4. The molecule has 5 N–H and O–H groups in total. The third-order valence-electron chi connectivity index (χ3n) is 3.62. The number of carbonyl (C=O) groups excluding carboxylic acids is 1. The summed E-state index contributed by atoms with van der Waals surface area (Å²) in [5.74, 6) is 0.261. The summed E-state index contributed by atoms with van der Waals surface area (Å²) in [5, 5.41) is 19.0. The van der Waals surface area contributed by atoms with Crippen LogP contribution in [0.4, 0.5) is 17.3 Å². The van der Waals surface area contributed by atoms with Crippen LogP contribution in [0, 0.1) is 0 Å². The Bertz CT molecular complexity index is 992. The number of rotatable bonds is 6. The van der Waals surface area contributed by atoms with Crippen molar-refractivity contribution in [2.24, 2.45) is 5.73 Å². The highest BCUT2D eigenvalue weighted by Crippen LogP contribution is 2.20. The first-order chi connectivity index (χ1) is 12.0. The Morgan fingerprint density at radius 1 is 1.44 bits per heavy atom. The van der Waals surface area contributed by atoms with Gasteiger partial charge in [0.1, 0.15) is 22.9 Å². The molecule has 0 spiro atoms. The van der Waals surface area contributed by atoms with Gasteiger partial charge < -0.3 is 26.0 Å². The number of carbonyl (C=O) groups is 1. The van der Waals surface area contributed by atoms with Crippen molar-refractivity contribution >= 4 is 28.9 Å². The standard InChI is InChI=1S/C15H17N7O3/c1-17-12-7-11(20-14-9(13(16)24)8-18-22(12)14)19-10-3-2-4-21(5-6-23)15(10)25/h2-4,7-8,17,23H,5-6H2,1H3,(H2,16,24)(H,19,20). The molecule has 0 unspecified atom stereocenters. The number of anilines is 3. The van der Waals surface area contributed by atoms with E-state index >= 15 is 0 Å². The maximum Gasteiger partial charge on any atom is 0.274 e. The van der Waals surface area contributed by atoms with Crippen LogP contribution in [0.25, 0.3) is 5.65 Å². The number of hydrogen-bond donors (Lipinski definition) is 4. The predicted molar refractivity (Wildman–Crippen MR) is 92.1 cm³/mol. The normalized spacial score (nSPS) is 10.8. The van der Waals surface area contributed by atoms with Gasteiger partial charge in [-0.05, 0) is 12.1 Å². The Balaban J connectivity index is 2.08. The van der Waals surface area contributed by atoms with E-state index < -0.39 is 5.91 Å². The number of aliphatic hydroxyl groups is 1. The number of aromatic nitrogens is 4. The molecule has 0 bridgehead atoms. The van der Waals surface area contributed by atoms with Crippen LogP contribution in [-0.4, -0.2) is 43.8 Å². The van der Waals surface area contributed by atoms with Gasteiger partial charge >= 0.3 is 0 Å². The first-order valence-corrected chi connectivity index (χ1v) is 7.49. The minimum atomic E-state index is -0.647. The van der Waals surface area contributed by atoms with E-state index in [4.69, 9.17) is 10.8 Å². The summed E-state index contributed by atoms with van der Waals surface area (Å²) < 4.78 is 2.83. The number of nitrogens with one attached hydrogen (secondary N) is 2. The highest BCUT2D eigenvalue weighted by atomic mass is 16.3. The molecular formula is C15H17N7O3. The van der Waals surface area contributed by atoms with Crippen LogP contribution < -0.4 is 21.9 Å². The number of amides is 1. The van der Waals surface area contributed by atoms with Crippen molar-refractivity contribution in [3.05, 3.63) is 46.5 Å². The maximum absolute atomic E-state index is 12.4. The lowest BCUT2D eigenvalue weighted by molar-refractivity contribution is 0.100. The Morgan fingerprint density at radius 3 is 2.92 bits per heavy atom. The second-order valence-corrected chi connectivity index (χ2v) is 5.20. The van der Waals surface area contributed by atoms with Gasteiger partial charge in [-0.1, -0.05) is 0 Å². The fourth-order valence-corrected chi connectivity index (χ4v) is 2.43. The van der Waals surface area contributed by atoms with E-state index in [0.29, 0.717) is 11.6 Å². The number of hydrogen-bond acceptors (Lipinski definition) is 7. The molecule has 0 radical (unpaired) electrons. The second-order valence-electron chi connectivity index (χ2n) is 5.20. The predicted octanol–water partition coefficient (Wildman–Crippen LogP) is -0.232. The fourth-order valence-electron chi connectivity index (χ4n) is 2.43. The summed E-state index contributed by atoms with van der Waals surface area (Å²) in [4.78, 5) is 28.2. The van der Waals surface area contributed by atoms with Crippen LogP contribution in [0.1, 0.15) is 10.4 Å². The molecule has 3 aromatic rings. The first kappa shape index (κ1) is 16.5. The van der Waals surface area contributed by atoms with E-state index in [2.05, 4.69) is 20.7 Å². The van der Waals surface area contributed by atoms with E-state index in [9.17, 15) is 9.59 Å². The van der Waals surface area contributed by atoms with E-state index in [1.807, 2.05) is 0 Å². The third-order valence-corrected chi connectivity index (χ3v) is 3.62. The van der Waals surface area contributed by atoms with Crippen molar-refractivity contribution in [1.29, 1.82) is 0 Å². The van der Waals surface area contributed by atoms with Gasteiger partial charge in [0.25, 0.3) is 11.5 Å². The molecular weight excluding hydrogens is 326 g/mol. The molecule has 10 heteroatoms. The lowest BCUT2D eigenvalue weighted by Gasteiger charge is -2.11. The summed E-state index contributed by atoms with van der Waals surface area (Å²) >= 11 is 0. The van der Waals surface area contributed by atoms with Crippen LogP contribution in [0.3, 0.4) is 0 Å². The van der Waals surface area contributed by atoms with Crippen LogP contribution >= 0.6 is 0 Å². The number of fused-ring (bicyclic) bond motifs is 1. The molecule has 0 saturated carbocycles. The van der Waals surface area contributed by atoms with E-state index in [1.54, 1.807) is 31.4 Å². The summed E-state index contributed by atoms with van der Waals surface area (Å²) in [6, 6.07) is 4.94. The third kappa shape index (κ3) is 3.02. The van der Waals surface area contributed by atoms with E-state index in [0.717, 1.165) is 0 Å². The Morgan fingerprint density at radius 2 is 2.24 bits per heavy atom. The molecule has 0 aliphatic carbocycles. The molecule has 1 amide bonds. The average molecular weight is 343 g/mol.